The van der Waals surface area contributed by atoms with E-state index in [0.717, 1.165) is 84.4 Å². The van der Waals surface area contributed by atoms with Crippen LogP contribution in [0.2, 0.25) is 0 Å². The Balaban J connectivity index is 0.000000144. The minimum Gasteiger partial charge on any atom is -0.373 e. The van der Waals surface area contributed by atoms with E-state index < -0.39 is 0 Å². The number of carbonyl (C=O) groups excluding carboxylic acids is 1. The maximum absolute atomic E-state index is 12.4. The average molecular weight is 1350 g/mol. The van der Waals surface area contributed by atoms with Crippen LogP contribution < -0.4 is 5.56 Å². The van der Waals surface area contributed by atoms with Crippen LogP contribution in [0.5, 0.6) is 0 Å². The van der Waals surface area contributed by atoms with Gasteiger partial charge in [-0.2, -0.15) is 0 Å². The summed E-state index contributed by atoms with van der Waals surface area (Å²) < 4.78 is 31.6. The van der Waals surface area contributed by atoms with Gasteiger partial charge in [0.1, 0.15) is 30.8 Å². The highest BCUT2D eigenvalue weighted by atomic mass is 16.5. The van der Waals surface area contributed by atoms with Gasteiger partial charge in [-0.1, -0.05) is 160 Å². The number of Topliss-reactive ketones (excluding diaryl/α,β-unsaturated/α-hetero) is 1. The van der Waals surface area contributed by atoms with Gasteiger partial charge in [0.2, 0.25) is 0 Å². The quantitative estimate of drug-likeness (QED) is 0.184. The lowest BCUT2D eigenvalue weighted by molar-refractivity contribution is -0.120. The molecule has 5 fully saturated rings. The summed E-state index contributed by atoms with van der Waals surface area (Å²) in [7, 11) is 0. The number of H-pyrrole nitrogens is 1. The molecule has 0 saturated carbocycles. The molecule has 14 heteroatoms. The molecule has 0 bridgehead atoms. The number of nitrogens with one attached hydrogen (secondary N) is 1. The summed E-state index contributed by atoms with van der Waals surface area (Å²) >= 11 is 0. The normalized spacial score (nSPS) is 37.3. The van der Waals surface area contributed by atoms with Crippen LogP contribution in [0.4, 0.5) is 0 Å². The molecule has 2 aromatic heterocycles. The first-order chi connectivity index (χ1) is 46.6. The zero-order chi connectivity index (χ0) is 71.6. The number of hydrogen-bond donors (Lipinski definition) is 1. The number of aromatic amines is 1. The molecule has 25 unspecified atom stereocenters. The zero-order valence-electron chi connectivity index (χ0n) is 64.9. The van der Waals surface area contributed by atoms with E-state index in [9.17, 15) is 9.59 Å². The Bertz CT molecular complexity index is 3500. The molecule has 9 heterocycles. The van der Waals surface area contributed by atoms with Crippen LogP contribution in [0, 0.1) is 80.0 Å². The van der Waals surface area contributed by atoms with Gasteiger partial charge in [0.15, 0.2) is 5.78 Å². The fraction of sp³-hybridized carbons (Fsp3) is 0.690. The second-order valence-electron chi connectivity index (χ2n) is 31.3. The van der Waals surface area contributed by atoms with Crippen molar-refractivity contribution in [1.82, 2.24) is 29.7 Å². The maximum atomic E-state index is 12.4. The number of rotatable bonds is 12. The number of nitrogens with zero attached hydrogens (tertiary/aromatic N) is 6. The first-order valence-corrected chi connectivity index (χ1v) is 38.5. The predicted molar refractivity (Wildman–Crippen MR) is 401 cm³/mol. The number of aryl methyl sites for hydroxylation is 3. The fourth-order valence-electron chi connectivity index (χ4n) is 18.0. The zero-order valence-corrected chi connectivity index (χ0v) is 64.9. The molecule has 3 aliphatic carbocycles. The lowest BCUT2D eigenvalue weighted by Crippen LogP contribution is -2.44. The molecule has 0 spiro atoms. The van der Waals surface area contributed by atoms with E-state index in [1.165, 1.54) is 33.4 Å². The third-order valence-corrected chi connectivity index (χ3v) is 25.4. The molecule has 5 saturated heterocycles. The maximum Gasteiger partial charge on any atom is 0.258 e. The van der Waals surface area contributed by atoms with E-state index in [-0.39, 0.29) is 54.1 Å². The van der Waals surface area contributed by atoms with Crippen molar-refractivity contribution in [3.05, 3.63) is 127 Å². The fourth-order valence-corrected chi connectivity index (χ4v) is 18.0. The number of aromatic nitrogens is 4. The monoisotopic (exact) mass is 1350 g/mol. The highest BCUT2D eigenvalue weighted by Gasteiger charge is 2.49. The van der Waals surface area contributed by atoms with Crippen molar-refractivity contribution >= 4 is 28.7 Å². The molecular weight excluding hydrogens is 1220 g/mol. The second kappa shape index (κ2) is 32.7. The lowest BCUT2D eigenvalue weighted by Gasteiger charge is -2.38. The molecule has 540 valence electrons. The number of fused-ring (bicyclic) bond motifs is 3. The van der Waals surface area contributed by atoms with Crippen LogP contribution in [0.25, 0.3) is 17.2 Å². The average Bonchev–Trinajstić information content (AvgIpc) is 1.62. The number of ketones is 1. The molecular formula is C84H127N7O7. The van der Waals surface area contributed by atoms with E-state index in [1.807, 2.05) is 27.0 Å². The first kappa shape index (κ1) is 76.8. The largest absolute Gasteiger partial charge is 0.373 e. The number of ether oxygens (including phenoxy) is 5. The number of aliphatic imine (C=N–C) groups is 1. The molecule has 25 atom stereocenters. The number of benzene rings is 1. The summed E-state index contributed by atoms with van der Waals surface area (Å²) in [4.78, 5) is 49.6. The molecule has 13 rings (SSSR count). The Labute approximate surface area is 591 Å². The van der Waals surface area contributed by atoms with Gasteiger partial charge in [-0.05, 0) is 181 Å². The summed E-state index contributed by atoms with van der Waals surface area (Å²) in [6.07, 6.45) is 26.1. The molecule has 0 radical (unpaired) electrons. The molecule has 1 aromatic carbocycles. The summed E-state index contributed by atoms with van der Waals surface area (Å²) in [6.45, 7) is 54.9. The molecule has 1 N–H and O–H groups in total. The molecule has 98 heavy (non-hydrogen) atoms. The summed E-state index contributed by atoms with van der Waals surface area (Å²) in [6, 6.07) is 7.00. The van der Waals surface area contributed by atoms with Crippen molar-refractivity contribution in [3.8, 4) is 0 Å². The van der Waals surface area contributed by atoms with Gasteiger partial charge < -0.3 is 38.5 Å². The van der Waals surface area contributed by atoms with E-state index in [1.54, 1.807) is 6.33 Å². The number of hydrogen-bond acceptors (Lipinski definition) is 13. The summed E-state index contributed by atoms with van der Waals surface area (Å²) in [5.74, 6) is 7.56. The van der Waals surface area contributed by atoms with Crippen molar-refractivity contribution in [2.24, 2.45) is 64.2 Å². The van der Waals surface area contributed by atoms with Crippen molar-refractivity contribution in [2.75, 3.05) is 0 Å². The smallest absolute Gasteiger partial charge is 0.258 e. The SMILES string of the molecule is CCC1=CC(C2OC(CC)C(C)C2C)c2cccc(C)c21.CCC1=CC(C2OC(CC)C(C)C2C)c2nc(C)[nH]c(=O)c21.CCC1OC(C2C=Cc3c(C)ncnc32)C(C)C1C.CCC1OC(N2C=C(C)C(=O)CC2C)C(C)C1C.CCC1OC(N2C=C(C)C(C)=NC2C)C(C)C1C. The lowest BCUT2D eigenvalue weighted by atomic mass is 9.82. The summed E-state index contributed by atoms with van der Waals surface area (Å²) in [5, 5.41) is 0. The first-order valence-electron chi connectivity index (χ1n) is 38.5. The Hall–Kier alpha value is -5.38. The highest BCUT2D eigenvalue weighted by molar-refractivity contribution is 5.98. The molecule has 14 nitrogen and oxygen atoms in total. The second-order valence-corrected chi connectivity index (χ2v) is 31.3. The van der Waals surface area contributed by atoms with E-state index in [4.69, 9.17) is 28.7 Å². The highest BCUT2D eigenvalue weighted by Crippen LogP contribution is 2.50. The molecule has 7 aliphatic heterocycles. The number of carbonyl (C=O) groups is 1. The van der Waals surface area contributed by atoms with Gasteiger partial charge >= 0.3 is 0 Å². The van der Waals surface area contributed by atoms with Crippen molar-refractivity contribution in [1.29, 1.82) is 0 Å². The van der Waals surface area contributed by atoms with Crippen LogP contribution in [0.15, 0.2) is 76.1 Å². The Morgan fingerprint density at radius 1 is 0.510 bits per heavy atom. The topological polar surface area (TPSA) is 154 Å². The number of allylic oxidation sites excluding steroid dienone is 4. The molecule has 0 amide bonds. The standard InChI is InChI=1S/C20H28O.C18H26N2O2.C16H22N2O.C15H26N2O.C15H25NO2/c1-6-15-11-17(16-10-8-9-12(3)19(15)16)20-14(5)13(4)18(7-2)21-20;1-6-12-8-13(16-15(12)18(21)20-11(5)19-16)17-10(4)9(3)14(7-2)22-17;1-5-14-9(2)10(3)16(19-14)13-7-6-12-11(4)17-8-18-15(12)13;1-7-14-10(3)11(4)15(18-14)17-8-9(2)12(5)16-13(17)6;1-6-14-11(4)12(5)15(18-14)16-8-9(2)13(17)7-10(16)3/h8-11,13-14,17-18,20H,6-7H2,1-5H3;8-10,13-14,17H,6-7H2,1-5H3,(H,19,20,21);6-10,13-14,16H,5H2,1-4H3;8,10-11,13-15H,7H2,1-6H3;8,10-12,14-15H,6-7H2,1-5H3. The van der Waals surface area contributed by atoms with Crippen LogP contribution >= 0.6 is 0 Å². The van der Waals surface area contributed by atoms with E-state index in [2.05, 4.69) is 231 Å². The Kier molecular flexibility index (Phi) is 25.6. The van der Waals surface area contributed by atoms with Gasteiger partial charge in [0, 0.05) is 77.0 Å². The van der Waals surface area contributed by atoms with Crippen molar-refractivity contribution in [3.63, 3.8) is 0 Å². The molecule has 3 aromatic rings. The van der Waals surface area contributed by atoms with Crippen LogP contribution in [-0.2, 0) is 28.5 Å². The van der Waals surface area contributed by atoms with Crippen molar-refractivity contribution < 1.29 is 28.5 Å². The Morgan fingerprint density at radius 2 is 0.980 bits per heavy atom. The third kappa shape index (κ3) is 15.4. The minimum atomic E-state index is -0.0103. The van der Waals surface area contributed by atoms with Crippen LogP contribution in [0.1, 0.15) is 272 Å². The van der Waals surface area contributed by atoms with Gasteiger partial charge in [0.25, 0.3) is 5.56 Å². The summed E-state index contributed by atoms with van der Waals surface area (Å²) in [5.41, 5.74) is 15.4. The van der Waals surface area contributed by atoms with Gasteiger partial charge in [-0.15, -0.1) is 0 Å². The van der Waals surface area contributed by atoms with Gasteiger partial charge in [0.05, 0.1) is 65.8 Å². The minimum absolute atomic E-state index is 0.0103. The molecule has 10 aliphatic rings. The van der Waals surface area contributed by atoms with E-state index in [0.29, 0.717) is 120 Å². The predicted octanol–water partition coefficient (Wildman–Crippen LogP) is 18.5. The van der Waals surface area contributed by atoms with Gasteiger partial charge in [-0.3, -0.25) is 14.6 Å². The Morgan fingerprint density at radius 3 is 1.49 bits per heavy atom. The van der Waals surface area contributed by atoms with Crippen molar-refractivity contribution in [2.45, 2.75) is 316 Å². The van der Waals surface area contributed by atoms with Crippen LogP contribution in [0.3, 0.4) is 0 Å². The van der Waals surface area contributed by atoms with Crippen LogP contribution in [-0.4, -0.2) is 115 Å². The third-order valence-electron chi connectivity index (χ3n) is 25.4. The van der Waals surface area contributed by atoms with E-state index >= 15 is 0 Å². The van der Waals surface area contributed by atoms with Gasteiger partial charge in [-0.25, -0.2) is 15.0 Å².